The van der Waals surface area contributed by atoms with E-state index in [2.05, 4.69) is 88.1 Å². The lowest BCUT2D eigenvalue weighted by Gasteiger charge is -2.10. The van der Waals surface area contributed by atoms with Gasteiger partial charge in [0.05, 0.1) is 0 Å². The van der Waals surface area contributed by atoms with Crippen LogP contribution < -0.4 is 5.32 Å². The zero-order chi connectivity index (χ0) is 22.5. The fraction of sp³-hybridized carbons (Fsp3) is 0.0690. The third-order valence-corrected chi connectivity index (χ3v) is 5.47. The predicted octanol–water partition coefficient (Wildman–Crippen LogP) is 6.97. The minimum atomic E-state index is 0.580. The third kappa shape index (κ3) is 4.65. The first-order valence-corrected chi connectivity index (χ1v) is 11.1. The van der Waals surface area contributed by atoms with E-state index in [4.69, 9.17) is 4.98 Å². The normalized spacial score (nSPS) is 10.7. The van der Waals surface area contributed by atoms with Gasteiger partial charge in [0.15, 0.2) is 11.6 Å². The maximum atomic E-state index is 4.80. The molecule has 5 rings (SSSR count). The van der Waals surface area contributed by atoms with E-state index in [0.29, 0.717) is 17.6 Å². The van der Waals surface area contributed by atoms with Crippen molar-refractivity contribution in [2.75, 3.05) is 11.9 Å². The SMILES string of the molecule is CCNc1nc(-c2ccc(-c3ccccc3)cc2)nc(-c2ccc(-c3ccccc3)cc2)n1. The summed E-state index contributed by atoms with van der Waals surface area (Å²) in [4.78, 5) is 14.1. The van der Waals surface area contributed by atoms with E-state index in [9.17, 15) is 0 Å². The summed E-state index contributed by atoms with van der Waals surface area (Å²) in [6, 6.07) is 37.4. The molecular formula is C29H24N4. The van der Waals surface area contributed by atoms with E-state index in [1.807, 2.05) is 43.3 Å². The van der Waals surface area contributed by atoms with E-state index >= 15 is 0 Å². The molecule has 0 spiro atoms. The van der Waals surface area contributed by atoms with Crippen LogP contribution in [0, 0.1) is 0 Å². The highest BCUT2D eigenvalue weighted by molar-refractivity contribution is 5.71. The lowest BCUT2D eigenvalue weighted by Crippen LogP contribution is -2.06. The van der Waals surface area contributed by atoms with Crippen molar-refractivity contribution >= 4 is 5.95 Å². The van der Waals surface area contributed by atoms with Gasteiger partial charge in [0.2, 0.25) is 5.95 Å². The van der Waals surface area contributed by atoms with Crippen LogP contribution in [0.1, 0.15) is 6.92 Å². The van der Waals surface area contributed by atoms with Gasteiger partial charge < -0.3 is 5.32 Å². The highest BCUT2D eigenvalue weighted by Gasteiger charge is 2.11. The molecule has 0 amide bonds. The number of anilines is 1. The Morgan fingerprint density at radius 1 is 0.455 bits per heavy atom. The van der Waals surface area contributed by atoms with Crippen molar-refractivity contribution in [3.8, 4) is 45.0 Å². The fourth-order valence-corrected chi connectivity index (χ4v) is 3.76. The quantitative estimate of drug-likeness (QED) is 0.317. The minimum absolute atomic E-state index is 0.580. The molecule has 1 heterocycles. The van der Waals surface area contributed by atoms with Gasteiger partial charge >= 0.3 is 0 Å². The lowest BCUT2D eigenvalue weighted by molar-refractivity contribution is 1.03. The molecule has 0 saturated carbocycles. The molecule has 4 heteroatoms. The predicted molar refractivity (Wildman–Crippen MR) is 136 cm³/mol. The maximum absolute atomic E-state index is 4.80. The van der Waals surface area contributed by atoms with E-state index in [1.165, 1.54) is 11.1 Å². The van der Waals surface area contributed by atoms with Crippen molar-refractivity contribution < 1.29 is 0 Å². The Hall–Kier alpha value is -4.31. The van der Waals surface area contributed by atoms with Crippen molar-refractivity contribution in [1.29, 1.82) is 0 Å². The van der Waals surface area contributed by atoms with Crippen LogP contribution in [-0.2, 0) is 0 Å². The van der Waals surface area contributed by atoms with Gasteiger partial charge in [0, 0.05) is 17.7 Å². The first-order chi connectivity index (χ1) is 16.3. The monoisotopic (exact) mass is 428 g/mol. The Balaban J connectivity index is 1.49. The molecule has 160 valence electrons. The standard InChI is InChI=1S/C29H24N4/c1-2-30-29-32-27(25-17-13-23(14-18-25)21-9-5-3-6-10-21)31-28(33-29)26-19-15-24(16-20-26)22-11-7-4-8-12-22/h3-20H,2H2,1H3,(H,30,31,32,33). The van der Waals surface area contributed by atoms with Crippen molar-refractivity contribution in [2.24, 2.45) is 0 Å². The molecule has 0 saturated heterocycles. The second-order valence-electron chi connectivity index (χ2n) is 7.72. The first kappa shape index (κ1) is 20.6. The van der Waals surface area contributed by atoms with Gasteiger partial charge in [-0.05, 0) is 29.2 Å². The largest absolute Gasteiger partial charge is 0.354 e. The van der Waals surface area contributed by atoms with Gasteiger partial charge in [0.1, 0.15) is 0 Å². The summed E-state index contributed by atoms with van der Waals surface area (Å²) >= 11 is 0. The van der Waals surface area contributed by atoms with Crippen LogP contribution in [-0.4, -0.2) is 21.5 Å². The number of hydrogen-bond donors (Lipinski definition) is 1. The molecule has 0 bridgehead atoms. The molecule has 0 aliphatic heterocycles. The first-order valence-electron chi connectivity index (χ1n) is 11.1. The Kier molecular flexibility index (Phi) is 5.89. The average Bonchev–Trinajstić information content (AvgIpc) is 2.90. The molecule has 0 fully saturated rings. The summed E-state index contributed by atoms with van der Waals surface area (Å²) in [7, 11) is 0. The molecule has 0 aliphatic carbocycles. The molecule has 1 N–H and O–H groups in total. The summed E-state index contributed by atoms with van der Waals surface area (Å²) in [6.07, 6.45) is 0. The lowest BCUT2D eigenvalue weighted by atomic mass is 10.0. The summed E-state index contributed by atoms with van der Waals surface area (Å²) in [5, 5.41) is 3.24. The van der Waals surface area contributed by atoms with Gasteiger partial charge in [-0.15, -0.1) is 0 Å². The zero-order valence-electron chi connectivity index (χ0n) is 18.4. The van der Waals surface area contributed by atoms with Crippen molar-refractivity contribution in [3.63, 3.8) is 0 Å². The molecule has 4 nitrogen and oxygen atoms in total. The molecular weight excluding hydrogens is 404 g/mol. The summed E-state index contributed by atoms with van der Waals surface area (Å²) in [5.74, 6) is 1.89. The summed E-state index contributed by atoms with van der Waals surface area (Å²) < 4.78 is 0. The fourth-order valence-electron chi connectivity index (χ4n) is 3.76. The number of hydrogen-bond acceptors (Lipinski definition) is 4. The molecule has 1 aromatic heterocycles. The van der Waals surface area contributed by atoms with Gasteiger partial charge in [-0.3, -0.25) is 0 Å². The molecule has 0 unspecified atom stereocenters. The maximum Gasteiger partial charge on any atom is 0.226 e. The molecule has 0 atom stereocenters. The van der Waals surface area contributed by atoms with Crippen LogP contribution in [0.15, 0.2) is 109 Å². The van der Waals surface area contributed by atoms with E-state index in [1.54, 1.807) is 0 Å². The number of rotatable bonds is 6. The topological polar surface area (TPSA) is 50.7 Å². The second-order valence-corrected chi connectivity index (χ2v) is 7.72. The highest BCUT2D eigenvalue weighted by atomic mass is 15.2. The molecule has 33 heavy (non-hydrogen) atoms. The molecule has 0 aliphatic rings. The number of aromatic nitrogens is 3. The number of benzene rings is 4. The Morgan fingerprint density at radius 2 is 0.818 bits per heavy atom. The van der Waals surface area contributed by atoms with Crippen LogP contribution >= 0.6 is 0 Å². The van der Waals surface area contributed by atoms with E-state index in [-0.39, 0.29) is 0 Å². The number of nitrogens with one attached hydrogen (secondary N) is 1. The Morgan fingerprint density at radius 3 is 1.21 bits per heavy atom. The third-order valence-electron chi connectivity index (χ3n) is 5.47. The average molecular weight is 429 g/mol. The Bertz CT molecular complexity index is 1230. The van der Waals surface area contributed by atoms with Crippen molar-refractivity contribution in [3.05, 3.63) is 109 Å². The van der Waals surface area contributed by atoms with Crippen LogP contribution in [0.2, 0.25) is 0 Å². The number of nitrogens with zero attached hydrogens (tertiary/aromatic N) is 3. The molecule has 4 aromatic carbocycles. The summed E-state index contributed by atoms with van der Waals surface area (Å²) in [6.45, 7) is 2.77. The van der Waals surface area contributed by atoms with Crippen LogP contribution in [0.25, 0.3) is 45.0 Å². The van der Waals surface area contributed by atoms with Gasteiger partial charge in [-0.2, -0.15) is 9.97 Å². The van der Waals surface area contributed by atoms with E-state index in [0.717, 1.165) is 28.8 Å². The molecule has 0 radical (unpaired) electrons. The summed E-state index contributed by atoms with van der Waals surface area (Å²) in [5.41, 5.74) is 6.62. The highest BCUT2D eigenvalue weighted by Crippen LogP contribution is 2.27. The van der Waals surface area contributed by atoms with Crippen LogP contribution in [0.5, 0.6) is 0 Å². The van der Waals surface area contributed by atoms with Crippen molar-refractivity contribution in [2.45, 2.75) is 6.92 Å². The minimum Gasteiger partial charge on any atom is -0.354 e. The van der Waals surface area contributed by atoms with Crippen molar-refractivity contribution in [1.82, 2.24) is 15.0 Å². The molecule has 5 aromatic rings. The van der Waals surface area contributed by atoms with Crippen LogP contribution in [0.3, 0.4) is 0 Å². The van der Waals surface area contributed by atoms with Crippen LogP contribution in [0.4, 0.5) is 5.95 Å². The smallest absolute Gasteiger partial charge is 0.226 e. The zero-order valence-corrected chi connectivity index (χ0v) is 18.4. The van der Waals surface area contributed by atoms with E-state index < -0.39 is 0 Å². The van der Waals surface area contributed by atoms with Gasteiger partial charge in [0.25, 0.3) is 0 Å². The van der Waals surface area contributed by atoms with Gasteiger partial charge in [-0.25, -0.2) is 4.98 Å². The second kappa shape index (κ2) is 9.45. The Labute approximate surface area is 194 Å². The van der Waals surface area contributed by atoms with Gasteiger partial charge in [-0.1, -0.05) is 109 Å².